The minimum absolute atomic E-state index is 0.115. The molecule has 2 aliphatic rings. The van der Waals surface area contributed by atoms with Crippen LogP contribution in [0.3, 0.4) is 0 Å². The summed E-state index contributed by atoms with van der Waals surface area (Å²) in [6, 6.07) is 0.736. The molecular formula is C14H27N3OS. The van der Waals surface area contributed by atoms with Crippen molar-refractivity contribution in [3.05, 3.63) is 0 Å². The normalized spacial score (nSPS) is 26.4. The largest absolute Gasteiger partial charge is 0.369 e. The number of amides is 1. The van der Waals surface area contributed by atoms with Gasteiger partial charge in [-0.3, -0.25) is 4.79 Å². The lowest BCUT2D eigenvalue weighted by molar-refractivity contribution is -0.123. The average Bonchev–Trinajstić information content (AvgIpc) is 2.45. The van der Waals surface area contributed by atoms with Crippen LogP contribution in [0.2, 0.25) is 0 Å². The summed E-state index contributed by atoms with van der Waals surface area (Å²) in [5, 5.41) is 3.67. The molecule has 0 bridgehead atoms. The van der Waals surface area contributed by atoms with Crippen LogP contribution in [-0.4, -0.2) is 54.5 Å². The molecule has 2 saturated heterocycles. The van der Waals surface area contributed by atoms with Gasteiger partial charge in [0.05, 0.1) is 0 Å². The number of nitrogens with zero attached hydrogens (tertiary/aromatic N) is 1. The number of carbonyl (C=O) groups is 1. The average molecular weight is 285 g/mol. The number of piperidine rings is 1. The number of rotatable bonds is 6. The lowest BCUT2D eigenvalue weighted by Crippen LogP contribution is -2.40. The molecule has 0 aromatic carbocycles. The molecular weight excluding hydrogens is 258 g/mol. The Kier molecular flexibility index (Phi) is 6.47. The van der Waals surface area contributed by atoms with Crippen molar-refractivity contribution in [2.45, 2.75) is 38.1 Å². The molecule has 19 heavy (non-hydrogen) atoms. The van der Waals surface area contributed by atoms with E-state index in [0.717, 1.165) is 45.1 Å². The zero-order valence-electron chi connectivity index (χ0n) is 11.8. The summed E-state index contributed by atoms with van der Waals surface area (Å²) in [6.45, 7) is 4.35. The van der Waals surface area contributed by atoms with Crippen LogP contribution in [0.25, 0.3) is 0 Å². The van der Waals surface area contributed by atoms with Gasteiger partial charge in [-0.25, -0.2) is 0 Å². The Morgan fingerprint density at radius 2 is 2.11 bits per heavy atom. The van der Waals surface area contributed by atoms with Crippen molar-refractivity contribution in [1.82, 2.24) is 10.2 Å². The van der Waals surface area contributed by atoms with Crippen LogP contribution in [0.1, 0.15) is 32.1 Å². The van der Waals surface area contributed by atoms with Crippen LogP contribution in [0.4, 0.5) is 0 Å². The second-order valence-corrected chi connectivity index (χ2v) is 6.89. The van der Waals surface area contributed by atoms with Crippen LogP contribution >= 0.6 is 11.8 Å². The molecule has 0 aromatic heterocycles. The summed E-state index contributed by atoms with van der Waals surface area (Å²) < 4.78 is 0. The highest BCUT2D eigenvalue weighted by Gasteiger charge is 2.22. The zero-order valence-corrected chi connectivity index (χ0v) is 12.6. The molecule has 2 rings (SSSR count). The summed E-state index contributed by atoms with van der Waals surface area (Å²) in [4.78, 5) is 13.6. The molecule has 4 nitrogen and oxygen atoms in total. The van der Waals surface area contributed by atoms with Gasteiger partial charge >= 0.3 is 0 Å². The number of hydrogen-bond donors (Lipinski definition) is 2. The first-order valence-electron chi connectivity index (χ1n) is 7.58. The van der Waals surface area contributed by atoms with Gasteiger partial charge in [0.15, 0.2) is 0 Å². The van der Waals surface area contributed by atoms with Crippen LogP contribution in [0.5, 0.6) is 0 Å². The maximum Gasteiger partial charge on any atom is 0.220 e. The van der Waals surface area contributed by atoms with Crippen molar-refractivity contribution in [2.24, 2.45) is 11.7 Å². The lowest BCUT2D eigenvalue weighted by atomic mass is 9.96. The van der Waals surface area contributed by atoms with Crippen molar-refractivity contribution in [2.75, 3.05) is 37.7 Å². The number of primary amides is 1. The topological polar surface area (TPSA) is 58.4 Å². The molecule has 0 aliphatic carbocycles. The number of carbonyl (C=O) groups excluding carboxylic acids is 1. The van der Waals surface area contributed by atoms with E-state index in [1.165, 1.54) is 30.8 Å². The summed E-state index contributed by atoms with van der Waals surface area (Å²) in [7, 11) is 0. The molecule has 3 N–H and O–H groups in total. The quantitative estimate of drug-likeness (QED) is 0.717. The van der Waals surface area contributed by atoms with Gasteiger partial charge < -0.3 is 16.0 Å². The van der Waals surface area contributed by atoms with Crippen molar-refractivity contribution >= 4 is 17.7 Å². The molecule has 0 aromatic rings. The summed E-state index contributed by atoms with van der Waals surface area (Å²) in [6.07, 6.45) is 5.81. The Balaban J connectivity index is 1.51. The van der Waals surface area contributed by atoms with Crippen LogP contribution in [0, 0.1) is 5.92 Å². The first-order valence-corrected chi connectivity index (χ1v) is 8.74. The fraction of sp³-hybridized carbons (Fsp3) is 0.929. The van der Waals surface area contributed by atoms with Crippen LogP contribution < -0.4 is 11.1 Å². The van der Waals surface area contributed by atoms with Crippen molar-refractivity contribution < 1.29 is 4.79 Å². The highest BCUT2D eigenvalue weighted by atomic mass is 32.2. The third-order valence-corrected chi connectivity index (χ3v) is 5.45. The van der Waals surface area contributed by atoms with Crippen molar-refractivity contribution in [1.29, 1.82) is 0 Å². The summed E-state index contributed by atoms with van der Waals surface area (Å²) in [5.41, 5.74) is 5.35. The molecule has 2 aliphatic heterocycles. The molecule has 2 fully saturated rings. The van der Waals surface area contributed by atoms with E-state index < -0.39 is 0 Å². The fourth-order valence-corrected chi connectivity index (χ4v) is 4.06. The van der Waals surface area contributed by atoms with Crippen LogP contribution in [0.15, 0.2) is 0 Å². The van der Waals surface area contributed by atoms with Gasteiger partial charge in [-0.2, -0.15) is 11.8 Å². The minimum Gasteiger partial charge on any atom is -0.369 e. The van der Waals surface area contributed by atoms with Crippen molar-refractivity contribution in [3.8, 4) is 0 Å². The van der Waals surface area contributed by atoms with Gasteiger partial charge in [0.1, 0.15) is 0 Å². The molecule has 0 saturated carbocycles. The van der Waals surface area contributed by atoms with Gasteiger partial charge in [-0.15, -0.1) is 0 Å². The highest BCUT2D eigenvalue weighted by molar-refractivity contribution is 7.99. The highest BCUT2D eigenvalue weighted by Crippen LogP contribution is 2.18. The Morgan fingerprint density at radius 3 is 2.74 bits per heavy atom. The van der Waals surface area contributed by atoms with E-state index in [0.29, 0.717) is 0 Å². The van der Waals surface area contributed by atoms with Gasteiger partial charge in [0.2, 0.25) is 5.91 Å². The fourth-order valence-electron chi connectivity index (χ4n) is 2.95. The number of thioether (sulfide) groups is 1. The number of hydrogen-bond acceptors (Lipinski definition) is 4. The molecule has 5 heteroatoms. The van der Waals surface area contributed by atoms with E-state index in [1.54, 1.807) is 0 Å². The third-order valence-electron chi connectivity index (χ3n) is 4.23. The van der Waals surface area contributed by atoms with Crippen molar-refractivity contribution in [3.63, 3.8) is 0 Å². The van der Waals surface area contributed by atoms with E-state index in [4.69, 9.17) is 5.73 Å². The molecule has 1 amide bonds. The zero-order chi connectivity index (χ0) is 13.5. The molecule has 0 unspecified atom stereocenters. The first kappa shape index (κ1) is 15.1. The van der Waals surface area contributed by atoms with Gasteiger partial charge in [0.25, 0.3) is 0 Å². The molecule has 1 atom stereocenters. The van der Waals surface area contributed by atoms with E-state index in [9.17, 15) is 4.79 Å². The Labute approximate surface area is 120 Å². The second-order valence-electron chi connectivity index (χ2n) is 5.74. The summed E-state index contributed by atoms with van der Waals surface area (Å²) in [5.74, 6) is 2.63. The maximum absolute atomic E-state index is 11.1. The number of likely N-dealkylation sites (tertiary alicyclic amines) is 1. The third kappa shape index (κ3) is 5.32. The standard InChI is InChI=1S/C14H27N3OS/c15-14(18)12-4-8-17(9-5-12)7-2-6-16-13-3-1-10-19-11-13/h12-13,16H,1-11H2,(H2,15,18)/t13-/m1/s1. The first-order chi connectivity index (χ1) is 9.25. The van der Waals surface area contributed by atoms with Gasteiger partial charge in [-0.1, -0.05) is 0 Å². The molecule has 0 spiro atoms. The number of nitrogens with two attached hydrogens (primary N) is 1. The lowest BCUT2D eigenvalue weighted by Gasteiger charge is -2.30. The Morgan fingerprint density at radius 1 is 1.32 bits per heavy atom. The minimum atomic E-state index is -0.115. The smallest absolute Gasteiger partial charge is 0.220 e. The predicted octanol–water partition coefficient (Wildman–Crippen LogP) is 1.06. The summed E-state index contributed by atoms with van der Waals surface area (Å²) >= 11 is 2.08. The van der Waals surface area contributed by atoms with Gasteiger partial charge in [-0.05, 0) is 64.0 Å². The SMILES string of the molecule is NC(=O)C1CCN(CCCN[C@@H]2CCCSC2)CC1. The Bertz CT molecular complexity index is 274. The van der Waals surface area contributed by atoms with E-state index >= 15 is 0 Å². The van der Waals surface area contributed by atoms with E-state index in [-0.39, 0.29) is 11.8 Å². The molecule has 0 radical (unpaired) electrons. The predicted molar refractivity (Wildman–Crippen MR) is 81.3 cm³/mol. The van der Waals surface area contributed by atoms with Crippen LogP contribution in [-0.2, 0) is 4.79 Å². The molecule has 110 valence electrons. The maximum atomic E-state index is 11.1. The van der Waals surface area contributed by atoms with E-state index in [1.807, 2.05) is 0 Å². The number of nitrogens with one attached hydrogen (secondary N) is 1. The second kappa shape index (κ2) is 8.12. The molecule has 2 heterocycles. The van der Waals surface area contributed by atoms with Gasteiger partial charge in [0, 0.05) is 17.7 Å². The Hall–Kier alpha value is -0.260. The monoisotopic (exact) mass is 285 g/mol. The van der Waals surface area contributed by atoms with E-state index in [2.05, 4.69) is 22.0 Å².